The van der Waals surface area contributed by atoms with Crippen LogP contribution in [0.1, 0.15) is 40.2 Å². The van der Waals surface area contributed by atoms with Gasteiger partial charge in [-0.3, -0.25) is 9.35 Å². The summed E-state index contributed by atoms with van der Waals surface area (Å²) in [5.41, 5.74) is 3.16. The van der Waals surface area contributed by atoms with Gasteiger partial charge in [-0.25, -0.2) is 0 Å². The summed E-state index contributed by atoms with van der Waals surface area (Å²) >= 11 is 0. The molecular weight excluding hydrogens is 376 g/mol. The lowest BCUT2D eigenvalue weighted by Gasteiger charge is -2.16. The lowest BCUT2D eigenvalue weighted by Crippen LogP contribution is -2.04. The van der Waals surface area contributed by atoms with Crippen LogP contribution in [-0.4, -0.2) is 23.9 Å². The van der Waals surface area contributed by atoms with Crippen LogP contribution in [0.3, 0.4) is 0 Å². The SMILES string of the molecule is C=CC(=O)\C(C)=C/C(C)=C(\C(C)=C\C(C)=C(/C)O)c1ccccc1S(=O)(=O)O. The Morgan fingerprint density at radius 2 is 1.50 bits per heavy atom. The van der Waals surface area contributed by atoms with Crippen molar-refractivity contribution in [1.82, 2.24) is 0 Å². The molecule has 0 amide bonds. The van der Waals surface area contributed by atoms with E-state index in [-0.39, 0.29) is 16.4 Å². The van der Waals surface area contributed by atoms with E-state index in [0.29, 0.717) is 33.4 Å². The second-order valence-electron chi connectivity index (χ2n) is 6.52. The van der Waals surface area contributed by atoms with Crippen molar-refractivity contribution >= 4 is 21.5 Å². The Labute approximate surface area is 166 Å². The van der Waals surface area contributed by atoms with Gasteiger partial charge in [0.25, 0.3) is 10.1 Å². The fraction of sp³-hybridized carbons (Fsp3) is 0.227. The van der Waals surface area contributed by atoms with E-state index in [1.807, 2.05) is 0 Å². The van der Waals surface area contributed by atoms with Crippen molar-refractivity contribution in [2.45, 2.75) is 39.5 Å². The number of carbonyl (C=O) groups excluding carboxylic acids is 1. The monoisotopic (exact) mass is 402 g/mol. The van der Waals surface area contributed by atoms with Gasteiger partial charge in [-0.1, -0.05) is 36.9 Å². The normalized spacial score (nSPS) is 14.9. The Hall–Kier alpha value is -2.70. The van der Waals surface area contributed by atoms with Crippen molar-refractivity contribution in [3.05, 3.63) is 82.7 Å². The summed E-state index contributed by atoms with van der Waals surface area (Å²) < 4.78 is 33.4. The summed E-state index contributed by atoms with van der Waals surface area (Å²) in [7, 11) is -4.47. The first-order valence-corrected chi connectivity index (χ1v) is 10.0. The maximum atomic E-state index is 11.9. The average molecular weight is 403 g/mol. The Balaban J connectivity index is 3.93. The summed E-state index contributed by atoms with van der Waals surface area (Å²) in [5, 5.41) is 9.71. The molecule has 1 rings (SSSR count). The van der Waals surface area contributed by atoms with Gasteiger partial charge < -0.3 is 5.11 Å². The van der Waals surface area contributed by atoms with Gasteiger partial charge in [0.05, 0.1) is 5.76 Å². The fourth-order valence-electron chi connectivity index (χ4n) is 2.76. The van der Waals surface area contributed by atoms with Crippen LogP contribution in [0.5, 0.6) is 0 Å². The number of carbonyl (C=O) groups is 1. The van der Waals surface area contributed by atoms with Gasteiger partial charge >= 0.3 is 0 Å². The molecule has 0 saturated heterocycles. The standard InChI is InChI=1S/C22H26O5S/c1-7-20(24)15(3)13-17(5)22(16(4)12-14(2)18(6)23)19-10-8-9-11-21(19)28(25,26)27/h7-13,23H,1H2,2-6H3,(H,25,26,27)/b15-13-,16-12+,18-14+,22-17+. The van der Waals surface area contributed by atoms with Crippen LogP contribution in [-0.2, 0) is 14.9 Å². The Kier molecular flexibility index (Phi) is 7.90. The number of rotatable bonds is 7. The van der Waals surface area contributed by atoms with Crippen LogP contribution in [0.15, 0.2) is 82.0 Å². The smallest absolute Gasteiger partial charge is 0.295 e. The molecule has 0 aliphatic heterocycles. The van der Waals surface area contributed by atoms with Crippen LogP contribution in [0.2, 0.25) is 0 Å². The lowest BCUT2D eigenvalue weighted by molar-refractivity contribution is -0.111. The molecule has 1 aromatic rings. The highest BCUT2D eigenvalue weighted by molar-refractivity contribution is 7.86. The zero-order chi connectivity index (χ0) is 21.6. The number of hydrogen-bond acceptors (Lipinski definition) is 4. The molecular formula is C22H26O5S. The molecule has 0 radical (unpaired) electrons. The predicted molar refractivity (Wildman–Crippen MR) is 113 cm³/mol. The van der Waals surface area contributed by atoms with Crippen LogP contribution >= 0.6 is 0 Å². The minimum absolute atomic E-state index is 0.132. The molecule has 0 spiro atoms. The summed E-state index contributed by atoms with van der Waals surface area (Å²) in [6.07, 6.45) is 4.56. The van der Waals surface area contributed by atoms with E-state index in [1.54, 1.807) is 58.9 Å². The molecule has 0 saturated carbocycles. The summed E-state index contributed by atoms with van der Waals surface area (Å²) in [6.45, 7) is 11.9. The largest absolute Gasteiger partial charge is 0.512 e. The molecule has 0 atom stereocenters. The molecule has 1 aromatic carbocycles. The van der Waals surface area contributed by atoms with E-state index < -0.39 is 10.1 Å². The van der Waals surface area contributed by atoms with Crippen molar-refractivity contribution in [2.24, 2.45) is 0 Å². The van der Waals surface area contributed by atoms with Crippen molar-refractivity contribution in [1.29, 1.82) is 0 Å². The minimum atomic E-state index is -4.47. The van der Waals surface area contributed by atoms with Crippen LogP contribution < -0.4 is 0 Å². The highest BCUT2D eigenvalue weighted by atomic mass is 32.2. The third-order valence-corrected chi connectivity index (χ3v) is 5.15. The Morgan fingerprint density at radius 1 is 0.964 bits per heavy atom. The maximum absolute atomic E-state index is 11.9. The summed E-state index contributed by atoms with van der Waals surface area (Å²) in [5.74, 6) is -0.112. The van der Waals surface area contributed by atoms with E-state index in [1.165, 1.54) is 18.2 Å². The quantitative estimate of drug-likeness (QED) is 0.283. The number of aliphatic hydroxyl groups is 1. The van der Waals surface area contributed by atoms with E-state index in [9.17, 15) is 22.9 Å². The number of aliphatic hydroxyl groups excluding tert-OH is 1. The third-order valence-electron chi connectivity index (χ3n) is 4.23. The van der Waals surface area contributed by atoms with Gasteiger partial charge in [-0.2, -0.15) is 8.42 Å². The highest BCUT2D eigenvalue weighted by Gasteiger charge is 2.20. The number of benzene rings is 1. The zero-order valence-corrected chi connectivity index (χ0v) is 17.6. The van der Waals surface area contributed by atoms with E-state index in [0.717, 1.165) is 0 Å². The number of ketones is 1. The minimum Gasteiger partial charge on any atom is -0.512 e. The zero-order valence-electron chi connectivity index (χ0n) is 16.8. The Morgan fingerprint density at radius 3 is 2.00 bits per heavy atom. The van der Waals surface area contributed by atoms with Crippen molar-refractivity contribution in [2.75, 3.05) is 0 Å². The van der Waals surface area contributed by atoms with E-state index in [4.69, 9.17) is 0 Å². The van der Waals surface area contributed by atoms with Gasteiger partial charge in [-0.05, 0) is 74.6 Å². The molecule has 5 nitrogen and oxygen atoms in total. The average Bonchev–Trinajstić information content (AvgIpc) is 2.60. The summed E-state index contributed by atoms with van der Waals surface area (Å²) in [4.78, 5) is 11.6. The first-order valence-electron chi connectivity index (χ1n) is 8.58. The first-order chi connectivity index (χ1) is 12.9. The van der Waals surface area contributed by atoms with Crippen LogP contribution in [0.25, 0.3) is 5.57 Å². The second kappa shape index (κ2) is 9.48. The predicted octanol–water partition coefficient (Wildman–Crippen LogP) is 5.21. The molecule has 0 unspecified atom stereocenters. The molecule has 2 N–H and O–H groups in total. The van der Waals surface area contributed by atoms with Gasteiger partial charge in [-0.15, -0.1) is 0 Å². The third kappa shape index (κ3) is 5.90. The molecule has 0 bridgehead atoms. The first kappa shape index (κ1) is 23.3. The molecule has 28 heavy (non-hydrogen) atoms. The van der Waals surface area contributed by atoms with Gasteiger partial charge in [0.1, 0.15) is 4.90 Å². The highest BCUT2D eigenvalue weighted by Crippen LogP contribution is 2.33. The summed E-state index contributed by atoms with van der Waals surface area (Å²) in [6, 6.07) is 6.08. The molecule has 0 aliphatic carbocycles. The molecule has 0 fully saturated rings. The van der Waals surface area contributed by atoms with Crippen LogP contribution in [0.4, 0.5) is 0 Å². The Bertz CT molecular complexity index is 1010. The van der Waals surface area contributed by atoms with Crippen LogP contribution in [0, 0.1) is 0 Å². The van der Waals surface area contributed by atoms with Crippen molar-refractivity contribution < 1.29 is 22.9 Å². The van der Waals surface area contributed by atoms with E-state index >= 15 is 0 Å². The lowest BCUT2D eigenvalue weighted by atomic mass is 9.91. The molecule has 6 heteroatoms. The molecule has 0 heterocycles. The maximum Gasteiger partial charge on any atom is 0.295 e. The second-order valence-corrected chi connectivity index (χ2v) is 7.91. The number of allylic oxidation sites excluding steroid dienone is 9. The van der Waals surface area contributed by atoms with E-state index in [2.05, 4.69) is 6.58 Å². The molecule has 150 valence electrons. The van der Waals surface area contributed by atoms with Gasteiger partial charge in [0, 0.05) is 5.56 Å². The fourth-order valence-corrected chi connectivity index (χ4v) is 3.46. The molecule has 0 aliphatic rings. The topological polar surface area (TPSA) is 91.7 Å². The van der Waals surface area contributed by atoms with Crippen molar-refractivity contribution in [3.63, 3.8) is 0 Å². The van der Waals surface area contributed by atoms with Gasteiger partial charge in [0.2, 0.25) is 0 Å². The van der Waals surface area contributed by atoms with Crippen molar-refractivity contribution in [3.8, 4) is 0 Å². The number of hydrogen-bond donors (Lipinski definition) is 2. The molecule has 0 aromatic heterocycles. The van der Waals surface area contributed by atoms with Gasteiger partial charge in [0.15, 0.2) is 5.78 Å².